The summed E-state index contributed by atoms with van der Waals surface area (Å²) in [7, 11) is 0. The van der Waals surface area contributed by atoms with Crippen molar-refractivity contribution in [2.45, 2.75) is 46.1 Å². The van der Waals surface area contributed by atoms with Gasteiger partial charge >= 0.3 is 5.97 Å². The summed E-state index contributed by atoms with van der Waals surface area (Å²) in [5.74, 6) is -0.787. The quantitative estimate of drug-likeness (QED) is 0.570. The van der Waals surface area contributed by atoms with Gasteiger partial charge in [0.1, 0.15) is 5.15 Å². The summed E-state index contributed by atoms with van der Waals surface area (Å²) in [6.45, 7) is 7.64. The third-order valence-electron chi connectivity index (χ3n) is 4.44. The minimum atomic E-state index is -0.928. The maximum Gasteiger partial charge on any atom is 0.342 e. The smallest absolute Gasteiger partial charge is 0.342 e. The largest absolute Gasteiger partial charge is 0.449 e. The average Bonchev–Trinajstić information content (AvgIpc) is 2.62. The van der Waals surface area contributed by atoms with Gasteiger partial charge in [0, 0.05) is 18.2 Å². The molecular weight excluding hydrogens is 364 g/mol. The van der Waals surface area contributed by atoms with Gasteiger partial charge in [-0.05, 0) is 44.4 Å². The lowest BCUT2D eigenvalue weighted by atomic mass is 9.96. The fourth-order valence-corrected chi connectivity index (χ4v) is 3.26. The molecule has 0 saturated heterocycles. The lowest BCUT2D eigenvalue weighted by Gasteiger charge is -2.19. The van der Waals surface area contributed by atoms with Crippen molar-refractivity contribution in [2.75, 3.05) is 6.54 Å². The van der Waals surface area contributed by atoms with E-state index in [9.17, 15) is 9.59 Å². The molecule has 1 N–H and O–H groups in total. The number of aryl methyl sites for hydroxylation is 2. The van der Waals surface area contributed by atoms with E-state index in [1.165, 1.54) is 0 Å². The Bertz CT molecular complexity index is 785. The van der Waals surface area contributed by atoms with E-state index >= 15 is 0 Å². The number of esters is 1. The number of carbonyl (C=O) groups excluding carboxylic acids is 2. The summed E-state index contributed by atoms with van der Waals surface area (Å²) in [4.78, 5) is 28.8. The van der Waals surface area contributed by atoms with E-state index in [4.69, 9.17) is 16.3 Å². The Morgan fingerprint density at radius 3 is 2.48 bits per heavy atom. The van der Waals surface area contributed by atoms with E-state index in [1.807, 2.05) is 30.3 Å². The number of benzene rings is 1. The first-order chi connectivity index (χ1) is 12.8. The van der Waals surface area contributed by atoms with Gasteiger partial charge in [0.2, 0.25) is 0 Å². The molecule has 6 heteroatoms. The van der Waals surface area contributed by atoms with E-state index in [2.05, 4.69) is 17.2 Å². The van der Waals surface area contributed by atoms with Gasteiger partial charge in [-0.2, -0.15) is 0 Å². The van der Waals surface area contributed by atoms with Crippen LogP contribution < -0.4 is 5.32 Å². The number of amides is 1. The summed E-state index contributed by atoms with van der Waals surface area (Å²) < 4.78 is 5.30. The Kier molecular flexibility index (Phi) is 7.36. The van der Waals surface area contributed by atoms with Gasteiger partial charge in [-0.1, -0.05) is 48.9 Å². The molecule has 2 rings (SSSR count). The molecule has 1 aromatic heterocycles. The monoisotopic (exact) mass is 388 g/mol. The maximum absolute atomic E-state index is 12.4. The van der Waals surface area contributed by atoms with Crippen molar-refractivity contribution < 1.29 is 14.3 Å². The molecule has 0 spiro atoms. The zero-order valence-corrected chi connectivity index (χ0v) is 16.8. The highest BCUT2D eigenvalue weighted by Gasteiger charge is 2.23. The zero-order valence-electron chi connectivity index (χ0n) is 16.1. The molecule has 2 atom stereocenters. The molecule has 0 saturated carbocycles. The van der Waals surface area contributed by atoms with Crippen LogP contribution in [-0.2, 0) is 9.53 Å². The number of nitrogens with zero attached hydrogens (tertiary/aromatic N) is 1. The van der Waals surface area contributed by atoms with Crippen LogP contribution in [0, 0.1) is 13.8 Å². The minimum absolute atomic E-state index is 0.0835. The summed E-state index contributed by atoms with van der Waals surface area (Å²) in [6, 6.07) is 11.7. The maximum atomic E-state index is 12.4. The van der Waals surface area contributed by atoms with Crippen molar-refractivity contribution in [2.24, 2.45) is 0 Å². The number of aromatic nitrogens is 1. The number of rotatable bonds is 7. The Morgan fingerprint density at radius 1 is 1.22 bits per heavy atom. The topological polar surface area (TPSA) is 68.3 Å². The average molecular weight is 389 g/mol. The Morgan fingerprint density at radius 2 is 1.89 bits per heavy atom. The molecule has 0 unspecified atom stereocenters. The summed E-state index contributed by atoms with van der Waals surface area (Å²) >= 11 is 6.07. The number of nitrogens with one attached hydrogen (secondary N) is 1. The predicted octanol–water partition coefficient (Wildman–Crippen LogP) is 4.21. The first kappa shape index (κ1) is 20.9. The molecule has 144 valence electrons. The number of hydrogen-bond acceptors (Lipinski definition) is 4. The lowest BCUT2D eigenvalue weighted by molar-refractivity contribution is -0.129. The van der Waals surface area contributed by atoms with Crippen LogP contribution in [-0.4, -0.2) is 29.5 Å². The Balaban J connectivity index is 1.96. The van der Waals surface area contributed by atoms with Gasteiger partial charge in [-0.25, -0.2) is 9.78 Å². The van der Waals surface area contributed by atoms with Gasteiger partial charge in [0.25, 0.3) is 5.91 Å². The van der Waals surface area contributed by atoms with Crippen molar-refractivity contribution in [3.63, 3.8) is 0 Å². The normalized spacial score (nSPS) is 12.9. The molecule has 1 aromatic carbocycles. The van der Waals surface area contributed by atoms with Crippen molar-refractivity contribution in [3.8, 4) is 0 Å². The molecule has 0 aliphatic rings. The van der Waals surface area contributed by atoms with E-state index in [1.54, 1.807) is 26.8 Å². The van der Waals surface area contributed by atoms with Crippen LogP contribution in [0.1, 0.15) is 53.4 Å². The number of ether oxygens (including phenoxy) is 1. The highest BCUT2D eigenvalue weighted by molar-refractivity contribution is 6.32. The SMILES string of the molecule is CC[C@@H](CNC(=O)[C@H](C)OC(=O)c1c(C)cc(C)nc1Cl)c1ccccc1. The van der Waals surface area contributed by atoms with Crippen molar-refractivity contribution in [1.29, 1.82) is 0 Å². The van der Waals surface area contributed by atoms with Crippen molar-refractivity contribution >= 4 is 23.5 Å². The van der Waals surface area contributed by atoms with Crippen LogP contribution in [0.25, 0.3) is 0 Å². The molecule has 1 heterocycles. The standard InChI is InChI=1S/C21H25ClN2O3/c1-5-16(17-9-7-6-8-10-17)12-23-20(25)15(4)27-21(26)18-13(2)11-14(3)24-19(18)22/h6-11,15-16H,5,12H2,1-4H3,(H,23,25)/t15-,16-/m0/s1. The summed E-state index contributed by atoms with van der Waals surface area (Å²) in [5, 5.41) is 2.95. The summed E-state index contributed by atoms with van der Waals surface area (Å²) in [6.07, 6.45) is -0.0370. The molecular formula is C21H25ClN2O3. The second-order valence-corrected chi connectivity index (χ2v) is 6.91. The van der Waals surface area contributed by atoms with Gasteiger partial charge in [0.15, 0.2) is 6.10 Å². The third-order valence-corrected chi connectivity index (χ3v) is 4.72. The fraction of sp³-hybridized carbons (Fsp3) is 0.381. The van der Waals surface area contributed by atoms with Crippen LogP contribution in [0.2, 0.25) is 5.15 Å². The number of hydrogen-bond donors (Lipinski definition) is 1. The van der Waals surface area contributed by atoms with Crippen LogP contribution in [0.4, 0.5) is 0 Å². The molecule has 1 amide bonds. The highest BCUT2D eigenvalue weighted by Crippen LogP contribution is 2.21. The van der Waals surface area contributed by atoms with Crippen LogP contribution >= 0.6 is 11.6 Å². The third kappa shape index (κ3) is 5.54. The summed E-state index contributed by atoms with van der Waals surface area (Å²) in [5.41, 5.74) is 2.74. The molecule has 27 heavy (non-hydrogen) atoms. The molecule has 0 aliphatic heterocycles. The molecule has 5 nitrogen and oxygen atoms in total. The van der Waals surface area contributed by atoms with Crippen LogP contribution in [0.5, 0.6) is 0 Å². The molecule has 0 aliphatic carbocycles. The number of carbonyl (C=O) groups is 2. The van der Waals surface area contributed by atoms with E-state index < -0.39 is 12.1 Å². The number of halogens is 1. The van der Waals surface area contributed by atoms with E-state index in [-0.39, 0.29) is 22.5 Å². The van der Waals surface area contributed by atoms with Gasteiger partial charge < -0.3 is 10.1 Å². The van der Waals surface area contributed by atoms with E-state index in [0.29, 0.717) is 17.8 Å². The van der Waals surface area contributed by atoms with Gasteiger partial charge in [-0.3, -0.25) is 4.79 Å². The van der Waals surface area contributed by atoms with Crippen molar-refractivity contribution in [1.82, 2.24) is 10.3 Å². The van der Waals surface area contributed by atoms with Gasteiger partial charge in [0.05, 0.1) is 5.56 Å². The predicted molar refractivity (Wildman–Crippen MR) is 106 cm³/mol. The molecule has 0 bridgehead atoms. The fourth-order valence-electron chi connectivity index (χ4n) is 2.90. The first-order valence-corrected chi connectivity index (χ1v) is 9.38. The Hall–Kier alpha value is -2.40. The second-order valence-electron chi connectivity index (χ2n) is 6.55. The zero-order chi connectivity index (χ0) is 20.0. The molecule has 0 fully saturated rings. The molecule has 0 radical (unpaired) electrons. The van der Waals surface area contributed by atoms with E-state index in [0.717, 1.165) is 12.0 Å². The van der Waals surface area contributed by atoms with Crippen LogP contribution in [0.15, 0.2) is 36.4 Å². The highest BCUT2D eigenvalue weighted by atomic mass is 35.5. The molecule has 2 aromatic rings. The van der Waals surface area contributed by atoms with Gasteiger partial charge in [-0.15, -0.1) is 0 Å². The minimum Gasteiger partial charge on any atom is -0.449 e. The number of pyridine rings is 1. The second kappa shape index (κ2) is 9.51. The van der Waals surface area contributed by atoms with Crippen LogP contribution in [0.3, 0.4) is 0 Å². The Labute approximate surface area is 165 Å². The lowest BCUT2D eigenvalue weighted by Crippen LogP contribution is -2.38. The van der Waals surface area contributed by atoms with Crippen molar-refractivity contribution in [3.05, 3.63) is 63.9 Å². The first-order valence-electron chi connectivity index (χ1n) is 9.00.